The molecule has 0 aliphatic carbocycles. The average Bonchev–Trinajstić information content (AvgIpc) is 2.68. The lowest BCUT2D eigenvalue weighted by Crippen LogP contribution is -2.45. The minimum Gasteiger partial charge on any atom is -0.495 e. The van der Waals surface area contributed by atoms with Crippen LogP contribution >= 0.6 is 0 Å². The molecule has 5 heteroatoms. The monoisotopic (exact) mass is 353 g/mol. The number of piperidine rings is 1. The van der Waals surface area contributed by atoms with E-state index < -0.39 is 0 Å². The van der Waals surface area contributed by atoms with Crippen LogP contribution in [-0.4, -0.2) is 29.6 Å². The number of aromatic nitrogens is 1. The summed E-state index contributed by atoms with van der Waals surface area (Å²) >= 11 is 0. The Labute approximate surface area is 155 Å². The molecule has 5 nitrogen and oxygen atoms in total. The summed E-state index contributed by atoms with van der Waals surface area (Å²) in [4.78, 5) is 19.0. The maximum absolute atomic E-state index is 13.0. The molecule has 26 heavy (non-hydrogen) atoms. The number of carbonyl (C=O) groups excluding carboxylic acids is 1. The van der Waals surface area contributed by atoms with Crippen molar-refractivity contribution in [3.8, 4) is 5.75 Å². The van der Waals surface area contributed by atoms with E-state index in [2.05, 4.69) is 41.5 Å². The topological polar surface area (TPSA) is 54.5 Å². The molecular formula is C21H27N3O2. The van der Waals surface area contributed by atoms with E-state index in [9.17, 15) is 4.79 Å². The molecule has 3 rings (SSSR count). The standard InChI is InChI=1S/C21H27N3O2/c1-15-7-9-17(10-8-15)19-6-4-5-13-24(19)21(25)23-16(2)18-11-12-22-14-20(18)26-3/h7-12,14,16,19H,4-6,13H2,1-3H3,(H,23,25). The van der Waals surface area contributed by atoms with Crippen LogP contribution in [0.25, 0.3) is 0 Å². The molecule has 1 fully saturated rings. The number of hydrogen-bond acceptors (Lipinski definition) is 3. The van der Waals surface area contributed by atoms with Crippen LogP contribution in [0.3, 0.4) is 0 Å². The van der Waals surface area contributed by atoms with Crippen molar-refractivity contribution in [1.29, 1.82) is 0 Å². The van der Waals surface area contributed by atoms with Crippen molar-refractivity contribution in [2.75, 3.05) is 13.7 Å². The minimum atomic E-state index is -0.152. The summed E-state index contributed by atoms with van der Waals surface area (Å²) in [5, 5.41) is 3.13. The molecule has 2 unspecified atom stereocenters. The lowest BCUT2D eigenvalue weighted by atomic mass is 9.95. The van der Waals surface area contributed by atoms with Gasteiger partial charge in [-0.1, -0.05) is 29.8 Å². The highest BCUT2D eigenvalue weighted by atomic mass is 16.5. The van der Waals surface area contributed by atoms with Gasteiger partial charge in [-0.2, -0.15) is 0 Å². The highest BCUT2D eigenvalue weighted by Gasteiger charge is 2.29. The quantitative estimate of drug-likeness (QED) is 0.886. The normalized spacial score (nSPS) is 18.3. The molecule has 1 saturated heterocycles. The van der Waals surface area contributed by atoms with Crippen LogP contribution in [0.4, 0.5) is 4.79 Å². The number of amides is 2. The number of benzene rings is 1. The average molecular weight is 353 g/mol. The lowest BCUT2D eigenvalue weighted by molar-refractivity contribution is 0.149. The number of urea groups is 1. The van der Waals surface area contributed by atoms with Crippen molar-refractivity contribution in [2.24, 2.45) is 0 Å². The zero-order chi connectivity index (χ0) is 18.5. The number of methoxy groups -OCH3 is 1. The fourth-order valence-electron chi connectivity index (χ4n) is 3.57. The number of nitrogens with zero attached hydrogens (tertiary/aromatic N) is 2. The highest BCUT2D eigenvalue weighted by Crippen LogP contribution is 2.32. The van der Waals surface area contributed by atoms with Gasteiger partial charge in [0.25, 0.3) is 0 Å². The Hall–Kier alpha value is -2.56. The third kappa shape index (κ3) is 3.98. The van der Waals surface area contributed by atoms with E-state index in [4.69, 9.17) is 4.74 Å². The second kappa shape index (κ2) is 8.21. The minimum absolute atomic E-state index is 0.0263. The van der Waals surface area contributed by atoms with Gasteiger partial charge in [-0.15, -0.1) is 0 Å². The van der Waals surface area contributed by atoms with Gasteiger partial charge in [-0.3, -0.25) is 4.98 Å². The third-order valence-corrected chi connectivity index (χ3v) is 5.07. The van der Waals surface area contributed by atoms with Gasteiger partial charge in [0, 0.05) is 18.3 Å². The number of nitrogens with one attached hydrogen (secondary N) is 1. The number of ether oxygens (including phenoxy) is 1. The van der Waals surface area contributed by atoms with Crippen LogP contribution in [0.15, 0.2) is 42.7 Å². The second-order valence-electron chi connectivity index (χ2n) is 6.90. The van der Waals surface area contributed by atoms with E-state index >= 15 is 0 Å². The van der Waals surface area contributed by atoms with E-state index in [-0.39, 0.29) is 18.1 Å². The smallest absolute Gasteiger partial charge is 0.318 e. The van der Waals surface area contributed by atoms with E-state index in [1.54, 1.807) is 19.5 Å². The van der Waals surface area contributed by atoms with Crippen molar-refractivity contribution in [3.05, 3.63) is 59.4 Å². The molecule has 1 N–H and O–H groups in total. The van der Waals surface area contributed by atoms with Gasteiger partial charge in [-0.25, -0.2) is 4.79 Å². The van der Waals surface area contributed by atoms with Crippen LogP contribution in [0, 0.1) is 6.92 Å². The molecule has 2 heterocycles. The SMILES string of the molecule is COc1cnccc1C(C)NC(=O)N1CCCCC1c1ccc(C)cc1. The van der Waals surface area contributed by atoms with Gasteiger partial charge >= 0.3 is 6.03 Å². The first-order valence-electron chi connectivity index (χ1n) is 9.21. The predicted molar refractivity (Wildman–Crippen MR) is 102 cm³/mol. The Morgan fingerprint density at radius 3 is 2.77 bits per heavy atom. The van der Waals surface area contributed by atoms with E-state index in [0.717, 1.165) is 31.4 Å². The van der Waals surface area contributed by atoms with Crippen LogP contribution in [0.2, 0.25) is 0 Å². The highest BCUT2D eigenvalue weighted by molar-refractivity contribution is 5.75. The summed E-state index contributed by atoms with van der Waals surface area (Å²) in [5.41, 5.74) is 3.37. The molecule has 2 atom stereocenters. The summed E-state index contributed by atoms with van der Waals surface area (Å²) in [6.45, 7) is 4.84. The molecule has 2 aromatic rings. The zero-order valence-electron chi connectivity index (χ0n) is 15.7. The summed E-state index contributed by atoms with van der Waals surface area (Å²) in [6.07, 6.45) is 6.59. The van der Waals surface area contributed by atoms with Gasteiger partial charge in [0.15, 0.2) is 0 Å². The zero-order valence-corrected chi connectivity index (χ0v) is 15.7. The number of likely N-dealkylation sites (tertiary alicyclic amines) is 1. The van der Waals surface area contributed by atoms with Crippen molar-refractivity contribution in [2.45, 2.75) is 45.2 Å². The number of hydrogen-bond donors (Lipinski definition) is 1. The first-order chi connectivity index (χ1) is 12.6. The maximum atomic E-state index is 13.0. The van der Waals surface area contributed by atoms with E-state index in [0.29, 0.717) is 5.75 Å². The molecular weight excluding hydrogens is 326 g/mol. The Morgan fingerprint density at radius 1 is 1.27 bits per heavy atom. The number of rotatable bonds is 4. The molecule has 1 aliphatic heterocycles. The summed E-state index contributed by atoms with van der Waals surface area (Å²) in [6, 6.07) is 10.4. The second-order valence-corrected chi connectivity index (χ2v) is 6.90. The van der Waals surface area contributed by atoms with Gasteiger partial charge in [0.1, 0.15) is 5.75 Å². The summed E-state index contributed by atoms with van der Waals surface area (Å²) in [5.74, 6) is 0.689. The molecule has 0 radical (unpaired) electrons. The Kier molecular flexibility index (Phi) is 5.76. The molecule has 2 amide bonds. The van der Waals surface area contributed by atoms with Crippen LogP contribution in [0.1, 0.15) is 55.0 Å². The van der Waals surface area contributed by atoms with Crippen molar-refractivity contribution >= 4 is 6.03 Å². The van der Waals surface area contributed by atoms with E-state index in [1.807, 2.05) is 17.9 Å². The van der Waals surface area contributed by atoms with Crippen LogP contribution < -0.4 is 10.1 Å². The number of carbonyl (C=O) groups is 1. The summed E-state index contributed by atoms with van der Waals surface area (Å²) in [7, 11) is 1.62. The molecule has 0 saturated carbocycles. The van der Waals surface area contributed by atoms with Crippen molar-refractivity contribution in [1.82, 2.24) is 15.2 Å². The Balaban J connectivity index is 1.75. The maximum Gasteiger partial charge on any atom is 0.318 e. The van der Waals surface area contributed by atoms with Gasteiger partial charge in [-0.05, 0) is 44.7 Å². The van der Waals surface area contributed by atoms with E-state index in [1.165, 1.54) is 11.1 Å². The van der Waals surface area contributed by atoms with Crippen LogP contribution in [0.5, 0.6) is 5.75 Å². The third-order valence-electron chi connectivity index (χ3n) is 5.07. The van der Waals surface area contributed by atoms with Gasteiger partial charge in [0.05, 0.1) is 25.4 Å². The predicted octanol–water partition coefficient (Wildman–Crippen LogP) is 4.40. The fourth-order valence-corrected chi connectivity index (χ4v) is 3.57. The number of pyridine rings is 1. The molecule has 0 bridgehead atoms. The van der Waals surface area contributed by atoms with Gasteiger partial charge in [0.2, 0.25) is 0 Å². The molecule has 1 aromatic carbocycles. The Bertz CT molecular complexity index is 745. The number of aryl methyl sites for hydroxylation is 1. The molecule has 138 valence electrons. The van der Waals surface area contributed by atoms with Crippen molar-refractivity contribution < 1.29 is 9.53 Å². The van der Waals surface area contributed by atoms with Crippen molar-refractivity contribution in [3.63, 3.8) is 0 Å². The van der Waals surface area contributed by atoms with Gasteiger partial charge < -0.3 is 15.0 Å². The molecule has 0 spiro atoms. The van der Waals surface area contributed by atoms with Crippen LogP contribution in [-0.2, 0) is 0 Å². The summed E-state index contributed by atoms with van der Waals surface area (Å²) < 4.78 is 5.37. The first kappa shape index (κ1) is 18.2. The fraction of sp³-hybridized carbons (Fsp3) is 0.429. The first-order valence-corrected chi connectivity index (χ1v) is 9.21. The largest absolute Gasteiger partial charge is 0.495 e. The molecule has 1 aliphatic rings. The Morgan fingerprint density at radius 2 is 2.04 bits per heavy atom. The molecule has 1 aromatic heterocycles. The lowest BCUT2D eigenvalue weighted by Gasteiger charge is -2.37.